The molecule has 0 radical (unpaired) electrons. The van der Waals surface area contributed by atoms with Crippen LogP contribution < -0.4 is 5.32 Å². The second-order valence-electron chi connectivity index (χ2n) is 4.36. The van der Waals surface area contributed by atoms with Crippen LogP contribution in [-0.2, 0) is 0 Å². The van der Waals surface area contributed by atoms with Gasteiger partial charge in [-0.15, -0.1) is 0 Å². The van der Waals surface area contributed by atoms with Gasteiger partial charge in [-0.25, -0.2) is 4.98 Å². The van der Waals surface area contributed by atoms with Crippen LogP contribution in [0, 0.1) is 0 Å². The number of hydrogen-bond acceptors (Lipinski definition) is 3. The SMILES string of the molecule is C/C=C\C(=C/CC)CC(C)NC(=O)c1cnccn1. The number of rotatable bonds is 6. The van der Waals surface area contributed by atoms with Gasteiger partial charge in [0.25, 0.3) is 5.91 Å². The molecule has 1 rings (SSSR count). The van der Waals surface area contributed by atoms with Crippen molar-refractivity contribution in [1.82, 2.24) is 15.3 Å². The van der Waals surface area contributed by atoms with Gasteiger partial charge in [0.15, 0.2) is 0 Å². The molecule has 0 fully saturated rings. The Balaban J connectivity index is 2.57. The predicted octanol–water partition coefficient (Wildman–Crippen LogP) is 2.90. The Morgan fingerprint density at radius 2 is 2.26 bits per heavy atom. The average molecular weight is 259 g/mol. The molecule has 0 spiro atoms. The van der Waals surface area contributed by atoms with Crippen molar-refractivity contribution in [2.45, 2.75) is 39.7 Å². The first-order valence-electron chi connectivity index (χ1n) is 6.56. The molecule has 0 aliphatic heterocycles. The minimum Gasteiger partial charge on any atom is -0.348 e. The number of allylic oxidation sites excluding steroid dienone is 3. The Kier molecular flexibility index (Phi) is 6.50. The van der Waals surface area contributed by atoms with Gasteiger partial charge in [-0.2, -0.15) is 0 Å². The minimum absolute atomic E-state index is 0.0588. The number of aromatic nitrogens is 2. The van der Waals surface area contributed by atoms with Crippen LogP contribution in [0.25, 0.3) is 0 Å². The monoisotopic (exact) mass is 259 g/mol. The van der Waals surface area contributed by atoms with E-state index in [9.17, 15) is 4.79 Å². The first-order chi connectivity index (χ1) is 9.17. The summed E-state index contributed by atoms with van der Waals surface area (Å²) >= 11 is 0. The van der Waals surface area contributed by atoms with Gasteiger partial charge in [-0.1, -0.05) is 30.7 Å². The summed E-state index contributed by atoms with van der Waals surface area (Å²) in [4.78, 5) is 19.8. The molecular formula is C15H21N3O. The number of hydrogen-bond donors (Lipinski definition) is 1. The van der Waals surface area contributed by atoms with Gasteiger partial charge in [0.1, 0.15) is 5.69 Å². The Bertz CT molecular complexity index is 452. The summed E-state index contributed by atoms with van der Waals surface area (Å²) in [6.45, 7) is 6.08. The largest absolute Gasteiger partial charge is 0.348 e. The maximum Gasteiger partial charge on any atom is 0.271 e. The molecule has 0 bridgehead atoms. The highest BCUT2D eigenvalue weighted by atomic mass is 16.1. The van der Waals surface area contributed by atoms with Crippen molar-refractivity contribution >= 4 is 5.91 Å². The van der Waals surface area contributed by atoms with Crippen molar-refractivity contribution in [3.63, 3.8) is 0 Å². The Hall–Kier alpha value is -1.97. The molecule has 1 aromatic heterocycles. The van der Waals surface area contributed by atoms with Crippen LogP contribution in [0.2, 0.25) is 0 Å². The number of nitrogens with zero attached hydrogens (tertiary/aromatic N) is 2. The van der Waals surface area contributed by atoms with Gasteiger partial charge in [0.2, 0.25) is 0 Å². The Labute approximate surface area is 114 Å². The van der Waals surface area contributed by atoms with Gasteiger partial charge < -0.3 is 5.32 Å². The smallest absolute Gasteiger partial charge is 0.271 e. The van der Waals surface area contributed by atoms with E-state index in [1.165, 1.54) is 18.0 Å². The predicted molar refractivity (Wildman–Crippen MR) is 76.8 cm³/mol. The van der Waals surface area contributed by atoms with Crippen LogP contribution in [0.15, 0.2) is 42.4 Å². The van der Waals surface area contributed by atoms with Crippen LogP contribution in [-0.4, -0.2) is 21.9 Å². The topological polar surface area (TPSA) is 54.9 Å². The van der Waals surface area contributed by atoms with E-state index in [1.54, 1.807) is 6.20 Å². The molecule has 19 heavy (non-hydrogen) atoms. The molecule has 0 aliphatic rings. The van der Waals surface area contributed by atoms with Crippen LogP contribution in [0.4, 0.5) is 0 Å². The highest BCUT2D eigenvalue weighted by molar-refractivity contribution is 5.92. The van der Waals surface area contributed by atoms with Gasteiger partial charge in [0.05, 0.1) is 6.20 Å². The minimum atomic E-state index is -0.183. The maximum absolute atomic E-state index is 11.9. The number of carbonyl (C=O) groups is 1. The number of carbonyl (C=O) groups excluding carboxylic acids is 1. The van der Waals surface area contributed by atoms with E-state index >= 15 is 0 Å². The van der Waals surface area contributed by atoms with Crippen LogP contribution in [0.3, 0.4) is 0 Å². The van der Waals surface area contributed by atoms with Crippen molar-refractivity contribution in [2.24, 2.45) is 0 Å². The molecule has 1 aromatic rings. The first-order valence-corrected chi connectivity index (χ1v) is 6.56. The molecule has 0 saturated heterocycles. The molecule has 1 atom stereocenters. The van der Waals surface area contributed by atoms with Crippen molar-refractivity contribution in [1.29, 1.82) is 0 Å². The summed E-state index contributed by atoms with van der Waals surface area (Å²) in [5.74, 6) is -0.183. The quantitative estimate of drug-likeness (QED) is 0.799. The van der Waals surface area contributed by atoms with E-state index in [2.05, 4.69) is 34.4 Å². The van der Waals surface area contributed by atoms with E-state index in [4.69, 9.17) is 0 Å². The standard InChI is InChI=1S/C15H21N3O/c1-4-6-13(7-5-2)10-12(3)18-15(19)14-11-16-8-9-17-14/h4,6-9,11-12H,5,10H2,1-3H3,(H,18,19)/b6-4-,13-7+. The molecule has 102 valence electrons. The van der Waals surface area contributed by atoms with E-state index in [0.29, 0.717) is 5.69 Å². The molecule has 0 saturated carbocycles. The second kappa shape index (κ2) is 8.19. The first kappa shape index (κ1) is 15.1. The fourth-order valence-electron chi connectivity index (χ4n) is 1.81. The van der Waals surface area contributed by atoms with E-state index in [1.807, 2.05) is 19.9 Å². The zero-order valence-corrected chi connectivity index (χ0v) is 11.8. The lowest BCUT2D eigenvalue weighted by atomic mass is 10.1. The molecular weight excluding hydrogens is 238 g/mol. The summed E-state index contributed by atoms with van der Waals surface area (Å²) in [5.41, 5.74) is 1.58. The molecule has 1 heterocycles. The third-order valence-corrected chi connectivity index (χ3v) is 2.56. The molecule has 1 N–H and O–H groups in total. The summed E-state index contributed by atoms with van der Waals surface area (Å²) in [7, 11) is 0. The molecule has 0 aliphatic carbocycles. The molecule has 1 unspecified atom stereocenters. The van der Waals surface area contributed by atoms with Crippen molar-refractivity contribution in [3.05, 3.63) is 48.1 Å². The average Bonchev–Trinajstić information content (AvgIpc) is 2.40. The molecule has 1 amide bonds. The highest BCUT2D eigenvalue weighted by Crippen LogP contribution is 2.09. The summed E-state index contributed by atoms with van der Waals surface area (Å²) in [5, 5.41) is 2.93. The van der Waals surface area contributed by atoms with Gasteiger partial charge in [-0.3, -0.25) is 9.78 Å². The van der Waals surface area contributed by atoms with Crippen LogP contribution in [0.1, 0.15) is 44.1 Å². The lowest BCUT2D eigenvalue weighted by molar-refractivity contribution is 0.0935. The van der Waals surface area contributed by atoms with E-state index < -0.39 is 0 Å². The fourth-order valence-corrected chi connectivity index (χ4v) is 1.81. The zero-order valence-electron chi connectivity index (χ0n) is 11.8. The normalized spacial score (nSPS) is 13.5. The maximum atomic E-state index is 11.9. The third kappa shape index (κ3) is 5.46. The lowest BCUT2D eigenvalue weighted by Gasteiger charge is -2.14. The zero-order chi connectivity index (χ0) is 14.1. The fraction of sp³-hybridized carbons (Fsp3) is 0.400. The Morgan fingerprint density at radius 3 is 2.84 bits per heavy atom. The van der Waals surface area contributed by atoms with Gasteiger partial charge >= 0.3 is 0 Å². The summed E-state index contributed by atoms with van der Waals surface area (Å²) in [6, 6.07) is 0.0588. The van der Waals surface area contributed by atoms with Gasteiger partial charge in [0, 0.05) is 18.4 Å². The van der Waals surface area contributed by atoms with Crippen molar-refractivity contribution in [3.8, 4) is 0 Å². The molecule has 4 heteroatoms. The third-order valence-electron chi connectivity index (χ3n) is 2.56. The van der Waals surface area contributed by atoms with Crippen LogP contribution in [0.5, 0.6) is 0 Å². The van der Waals surface area contributed by atoms with E-state index in [-0.39, 0.29) is 11.9 Å². The van der Waals surface area contributed by atoms with Crippen LogP contribution >= 0.6 is 0 Å². The Morgan fingerprint density at radius 1 is 1.47 bits per heavy atom. The highest BCUT2D eigenvalue weighted by Gasteiger charge is 2.11. The van der Waals surface area contributed by atoms with Crippen molar-refractivity contribution in [2.75, 3.05) is 0 Å². The lowest BCUT2D eigenvalue weighted by Crippen LogP contribution is -2.33. The van der Waals surface area contributed by atoms with Gasteiger partial charge in [-0.05, 0) is 26.7 Å². The number of amides is 1. The second-order valence-corrected chi connectivity index (χ2v) is 4.36. The van der Waals surface area contributed by atoms with Crippen molar-refractivity contribution < 1.29 is 4.79 Å². The molecule has 4 nitrogen and oxygen atoms in total. The summed E-state index contributed by atoms with van der Waals surface area (Å²) in [6.07, 6.45) is 12.6. The number of nitrogens with one attached hydrogen (secondary N) is 1. The van der Waals surface area contributed by atoms with E-state index in [0.717, 1.165) is 12.8 Å². The molecule has 0 aromatic carbocycles. The summed E-state index contributed by atoms with van der Waals surface area (Å²) < 4.78 is 0.